The lowest BCUT2D eigenvalue weighted by molar-refractivity contribution is -0.141. The van der Waals surface area contributed by atoms with Crippen molar-refractivity contribution in [3.8, 4) is 0 Å². The van der Waals surface area contributed by atoms with Crippen LogP contribution in [0.4, 0.5) is 0 Å². The van der Waals surface area contributed by atoms with Crippen molar-refractivity contribution in [1.29, 1.82) is 0 Å². The number of carbonyl (C=O) groups is 2. The first-order valence-electron chi connectivity index (χ1n) is 12.3. The van der Waals surface area contributed by atoms with Gasteiger partial charge in [-0.25, -0.2) is 0 Å². The minimum atomic E-state index is -1.98. The van der Waals surface area contributed by atoms with Gasteiger partial charge in [0.15, 0.2) is 19.3 Å². The van der Waals surface area contributed by atoms with E-state index in [-0.39, 0.29) is 34.9 Å². The van der Waals surface area contributed by atoms with Gasteiger partial charge in [-0.3, -0.25) is 14.6 Å². The van der Waals surface area contributed by atoms with Gasteiger partial charge in [0.2, 0.25) is 0 Å². The molecule has 0 spiro atoms. The normalized spacial score (nSPS) is 14.6. The molecule has 0 radical (unpaired) electrons. The Morgan fingerprint density at radius 1 is 0.941 bits per heavy atom. The number of hydrogen-bond donors (Lipinski definition) is 0. The van der Waals surface area contributed by atoms with E-state index in [0.29, 0.717) is 13.0 Å². The summed E-state index contributed by atoms with van der Waals surface area (Å²) in [5.41, 5.74) is 1.51. The van der Waals surface area contributed by atoms with Gasteiger partial charge < -0.3 is 9.16 Å². The summed E-state index contributed by atoms with van der Waals surface area (Å²) in [6.07, 6.45) is 3.03. The molecule has 0 rings (SSSR count). The molecule has 5 nitrogen and oxygen atoms in total. The third kappa shape index (κ3) is 14.8. The van der Waals surface area contributed by atoms with Crippen molar-refractivity contribution >= 4 is 53.0 Å². The maximum Gasteiger partial charge on any atom is 0.305 e. The van der Waals surface area contributed by atoms with Crippen molar-refractivity contribution in [2.24, 2.45) is 4.99 Å². The molecule has 34 heavy (non-hydrogen) atoms. The summed E-state index contributed by atoms with van der Waals surface area (Å²) >= 11 is 6.32. The van der Waals surface area contributed by atoms with Gasteiger partial charge in [0, 0.05) is 22.6 Å². The van der Waals surface area contributed by atoms with E-state index >= 15 is 0 Å². The molecular weight excluding hydrogens is 498 g/mol. The number of methoxy groups -OCH3 is 1. The van der Waals surface area contributed by atoms with Crippen LogP contribution >= 0.6 is 11.6 Å². The number of aliphatic imine (C=N–C) groups is 1. The zero-order chi connectivity index (χ0) is 27.0. The number of halogens is 1. The van der Waals surface area contributed by atoms with E-state index in [1.165, 1.54) is 24.8 Å². The number of Topliss-reactive ketones (excluding diaryl/α,β-unsaturated/α-hetero) is 1. The van der Waals surface area contributed by atoms with Crippen molar-refractivity contribution in [2.45, 2.75) is 116 Å². The van der Waals surface area contributed by atoms with Gasteiger partial charge >= 0.3 is 5.97 Å². The second-order valence-corrected chi connectivity index (χ2v) is 29.3. The number of allylic oxidation sites excluding steroid dienone is 1. The standard InChI is InChI=1S/C25H50ClNO4Si3/c1-25(2,3)34(11,12)31-17-21(27-24(26)22(28)15-16-23(29)30-4)14-13-20(18-32(5,6)7)19-33(8,9)10/h13,21H,14-19H2,1-12H3. The highest BCUT2D eigenvalue weighted by Crippen LogP contribution is 2.37. The predicted octanol–water partition coefficient (Wildman–Crippen LogP) is 7.53. The third-order valence-electron chi connectivity index (χ3n) is 5.95. The van der Waals surface area contributed by atoms with E-state index in [2.05, 4.69) is 89.0 Å². The second kappa shape index (κ2) is 13.7. The highest BCUT2D eigenvalue weighted by atomic mass is 35.5. The Bertz CT molecular complexity index is 727. The first-order chi connectivity index (χ1) is 15.2. The Balaban J connectivity index is 5.82. The monoisotopic (exact) mass is 547 g/mol. The fraction of sp³-hybridized carbons (Fsp3) is 0.800. The zero-order valence-corrected chi connectivity index (χ0v) is 27.6. The number of esters is 1. The number of ketones is 1. The molecule has 0 saturated carbocycles. The maximum atomic E-state index is 12.5. The molecule has 0 aliphatic rings. The van der Waals surface area contributed by atoms with Gasteiger partial charge in [0.25, 0.3) is 0 Å². The van der Waals surface area contributed by atoms with E-state index in [4.69, 9.17) is 16.0 Å². The zero-order valence-electron chi connectivity index (χ0n) is 23.9. The van der Waals surface area contributed by atoms with Gasteiger partial charge in [-0.1, -0.05) is 83.3 Å². The lowest BCUT2D eigenvalue weighted by atomic mass is 10.1. The van der Waals surface area contributed by atoms with Crippen molar-refractivity contribution in [3.05, 3.63) is 11.6 Å². The summed E-state index contributed by atoms with van der Waals surface area (Å²) in [7, 11) is -3.21. The van der Waals surface area contributed by atoms with Gasteiger partial charge in [-0.15, -0.1) is 0 Å². The number of hydrogen-bond acceptors (Lipinski definition) is 5. The average molecular weight is 548 g/mol. The van der Waals surface area contributed by atoms with Gasteiger partial charge in [-0.2, -0.15) is 0 Å². The van der Waals surface area contributed by atoms with Gasteiger partial charge in [0.05, 0.1) is 26.2 Å². The van der Waals surface area contributed by atoms with Crippen molar-refractivity contribution < 1.29 is 18.8 Å². The summed E-state index contributed by atoms with van der Waals surface area (Å²) in [5, 5.41) is 0.0241. The average Bonchev–Trinajstić information content (AvgIpc) is 2.64. The Kier molecular flexibility index (Phi) is 13.5. The van der Waals surface area contributed by atoms with Crippen LogP contribution in [0.3, 0.4) is 0 Å². The quantitative estimate of drug-likeness (QED) is 0.0975. The molecule has 0 amide bonds. The molecule has 0 saturated heterocycles. The molecule has 0 bridgehead atoms. The molecule has 0 aromatic rings. The smallest absolute Gasteiger partial charge is 0.305 e. The first-order valence-corrected chi connectivity index (χ1v) is 23.0. The third-order valence-corrected chi connectivity index (χ3v) is 13.8. The van der Waals surface area contributed by atoms with E-state index in [9.17, 15) is 9.59 Å². The van der Waals surface area contributed by atoms with Crippen LogP contribution < -0.4 is 0 Å². The molecule has 0 aromatic heterocycles. The summed E-state index contributed by atoms with van der Waals surface area (Å²) in [4.78, 5) is 28.5. The summed E-state index contributed by atoms with van der Waals surface area (Å²) in [6, 6.07) is 2.10. The Morgan fingerprint density at radius 3 is 1.85 bits per heavy atom. The molecule has 0 aromatic carbocycles. The Hall–Kier alpha value is -0.549. The van der Waals surface area contributed by atoms with Gasteiger partial charge in [0.1, 0.15) is 0 Å². The molecule has 1 unspecified atom stereocenters. The maximum absolute atomic E-state index is 12.5. The van der Waals surface area contributed by atoms with Crippen LogP contribution in [0.25, 0.3) is 0 Å². The Labute approximate surface area is 217 Å². The highest BCUT2D eigenvalue weighted by molar-refractivity contribution is 6.83. The van der Waals surface area contributed by atoms with Gasteiger partial charge in [-0.05, 0) is 36.6 Å². The van der Waals surface area contributed by atoms with Crippen molar-refractivity contribution in [3.63, 3.8) is 0 Å². The lowest BCUT2D eigenvalue weighted by Gasteiger charge is -2.37. The lowest BCUT2D eigenvalue weighted by Crippen LogP contribution is -2.42. The summed E-state index contributed by atoms with van der Waals surface area (Å²) < 4.78 is 11.1. The molecule has 1 atom stereocenters. The number of rotatable bonds is 14. The van der Waals surface area contributed by atoms with E-state index < -0.39 is 30.4 Å². The molecule has 0 aliphatic carbocycles. The fourth-order valence-electron chi connectivity index (χ4n) is 3.20. The van der Waals surface area contributed by atoms with E-state index in [1.54, 1.807) is 0 Å². The summed E-state index contributed by atoms with van der Waals surface area (Å²) in [5.74, 6) is -0.765. The SMILES string of the molecule is COC(=O)CCC(=O)C(Cl)=NC(CC=C(C[Si](C)(C)C)C[Si](C)(C)C)CO[Si](C)(C)C(C)(C)C. The van der Waals surface area contributed by atoms with Crippen LogP contribution in [0, 0.1) is 0 Å². The highest BCUT2D eigenvalue weighted by Gasteiger charge is 2.37. The van der Waals surface area contributed by atoms with Crippen LogP contribution in [0.1, 0.15) is 40.0 Å². The molecule has 0 N–H and O–H groups in total. The van der Waals surface area contributed by atoms with E-state index in [0.717, 1.165) is 0 Å². The van der Waals surface area contributed by atoms with Crippen LogP contribution in [-0.2, 0) is 18.8 Å². The number of nitrogens with zero attached hydrogens (tertiary/aromatic N) is 1. The number of carbonyl (C=O) groups excluding carboxylic acids is 2. The molecule has 9 heteroatoms. The molecule has 0 fully saturated rings. The number of ether oxygens (including phenoxy) is 1. The molecule has 0 heterocycles. The first kappa shape index (κ1) is 33.5. The largest absolute Gasteiger partial charge is 0.469 e. The van der Waals surface area contributed by atoms with Crippen LogP contribution in [0.15, 0.2) is 16.6 Å². The molecule has 0 aliphatic heterocycles. The summed E-state index contributed by atoms with van der Waals surface area (Å²) in [6.45, 7) is 25.9. The second-order valence-electron chi connectivity index (χ2n) is 13.2. The van der Waals surface area contributed by atoms with Crippen LogP contribution in [0.5, 0.6) is 0 Å². The predicted molar refractivity (Wildman–Crippen MR) is 155 cm³/mol. The van der Waals surface area contributed by atoms with Crippen molar-refractivity contribution in [2.75, 3.05) is 13.7 Å². The minimum absolute atomic E-state index is 0.00266. The van der Waals surface area contributed by atoms with E-state index in [1.807, 2.05) is 0 Å². The molecule has 198 valence electrons. The van der Waals surface area contributed by atoms with Crippen LogP contribution in [-0.4, -0.2) is 61.1 Å². The van der Waals surface area contributed by atoms with Crippen LogP contribution in [0.2, 0.25) is 69.5 Å². The minimum Gasteiger partial charge on any atom is -0.469 e. The fourth-order valence-corrected chi connectivity index (χ4v) is 7.99. The van der Waals surface area contributed by atoms with Crippen molar-refractivity contribution in [1.82, 2.24) is 0 Å². The Morgan fingerprint density at radius 2 is 1.44 bits per heavy atom. The topological polar surface area (TPSA) is 65.0 Å². The molecular formula is C25H50ClNO4Si3.